The highest BCUT2D eigenvalue weighted by Crippen LogP contribution is 2.22. The second kappa shape index (κ2) is 4.31. The van der Waals surface area contributed by atoms with Crippen LogP contribution in [0.25, 0.3) is 10.9 Å². The normalized spacial score (nSPS) is 10.9. The summed E-state index contributed by atoms with van der Waals surface area (Å²) in [5, 5.41) is 2.16. The Labute approximate surface area is 98.7 Å². The Kier molecular flexibility index (Phi) is 3.06. The van der Waals surface area contributed by atoms with Crippen LogP contribution in [0.5, 0.6) is 0 Å². The molecular formula is C13H14BrN. The van der Waals surface area contributed by atoms with E-state index in [0.29, 0.717) is 0 Å². The minimum Gasteiger partial charge on any atom is -0.253 e. The molecule has 0 radical (unpaired) electrons. The Morgan fingerprint density at radius 3 is 2.73 bits per heavy atom. The van der Waals surface area contributed by atoms with Crippen molar-refractivity contribution in [3.8, 4) is 0 Å². The smallest absolute Gasteiger partial charge is 0.0708 e. The molecule has 0 unspecified atom stereocenters. The fourth-order valence-corrected chi connectivity index (χ4v) is 2.28. The van der Waals surface area contributed by atoms with Crippen LogP contribution in [0.1, 0.15) is 23.7 Å². The van der Waals surface area contributed by atoms with Crippen LogP contribution in [0.3, 0.4) is 0 Å². The first-order chi connectivity index (χ1) is 7.24. The second-order valence-corrected chi connectivity index (χ2v) is 4.32. The van der Waals surface area contributed by atoms with Crippen LogP contribution < -0.4 is 0 Å². The SMILES string of the molecule is CCc1ccc2nc(C)cc(CBr)c2c1. The first-order valence-corrected chi connectivity index (χ1v) is 6.32. The van der Waals surface area contributed by atoms with Crippen molar-refractivity contribution < 1.29 is 0 Å². The summed E-state index contributed by atoms with van der Waals surface area (Å²) in [6, 6.07) is 8.68. The molecule has 1 aromatic carbocycles. The molecule has 2 aromatic rings. The Hall–Kier alpha value is -0.890. The molecule has 0 bridgehead atoms. The maximum Gasteiger partial charge on any atom is 0.0708 e. The zero-order valence-electron chi connectivity index (χ0n) is 9.05. The standard InChI is InChI=1S/C13H14BrN/c1-3-10-4-5-13-12(7-10)11(8-14)6-9(2)15-13/h4-7H,3,8H2,1-2H3. The van der Waals surface area contributed by atoms with Crippen molar-refractivity contribution in [2.45, 2.75) is 25.6 Å². The molecule has 0 N–H and O–H groups in total. The zero-order chi connectivity index (χ0) is 10.8. The average Bonchev–Trinajstić information content (AvgIpc) is 2.27. The van der Waals surface area contributed by atoms with Crippen molar-refractivity contribution in [2.75, 3.05) is 0 Å². The fourth-order valence-electron chi connectivity index (χ4n) is 1.82. The molecule has 0 aliphatic heterocycles. The van der Waals surface area contributed by atoms with Gasteiger partial charge in [0.05, 0.1) is 5.52 Å². The Bertz CT molecular complexity index is 491. The predicted octanol–water partition coefficient (Wildman–Crippen LogP) is 4.00. The quantitative estimate of drug-likeness (QED) is 0.747. The third kappa shape index (κ3) is 2.05. The first kappa shape index (κ1) is 10.6. The summed E-state index contributed by atoms with van der Waals surface area (Å²) in [5.41, 5.74) is 4.88. The van der Waals surface area contributed by atoms with Crippen molar-refractivity contribution in [3.63, 3.8) is 0 Å². The van der Waals surface area contributed by atoms with Crippen LogP contribution in [-0.4, -0.2) is 4.98 Å². The molecule has 0 fully saturated rings. The number of nitrogens with zero attached hydrogens (tertiary/aromatic N) is 1. The molecule has 0 atom stereocenters. The number of alkyl halides is 1. The number of hydrogen-bond donors (Lipinski definition) is 0. The summed E-state index contributed by atoms with van der Waals surface area (Å²) < 4.78 is 0. The number of benzene rings is 1. The Morgan fingerprint density at radius 2 is 2.07 bits per heavy atom. The number of hydrogen-bond acceptors (Lipinski definition) is 1. The van der Waals surface area contributed by atoms with Gasteiger partial charge in [-0.2, -0.15) is 0 Å². The summed E-state index contributed by atoms with van der Waals surface area (Å²) in [6.45, 7) is 4.22. The minimum atomic E-state index is 0.889. The van der Waals surface area contributed by atoms with Crippen molar-refractivity contribution in [1.82, 2.24) is 4.98 Å². The van der Waals surface area contributed by atoms with Gasteiger partial charge in [0, 0.05) is 16.4 Å². The first-order valence-electron chi connectivity index (χ1n) is 5.19. The van der Waals surface area contributed by atoms with Crippen molar-refractivity contribution >= 4 is 26.8 Å². The largest absolute Gasteiger partial charge is 0.253 e. The number of pyridine rings is 1. The fraction of sp³-hybridized carbons (Fsp3) is 0.308. The van der Waals surface area contributed by atoms with Crippen LogP contribution in [-0.2, 0) is 11.8 Å². The van der Waals surface area contributed by atoms with E-state index >= 15 is 0 Å². The van der Waals surface area contributed by atoms with Crippen molar-refractivity contribution in [2.24, 2.45) is 0 Å². The lowest BCUT2D eigenvalue weighted by Gasteiger charge is -2.06. The molecule has 0 amide bonds. The molecule has 0 aliphatic rings. The molecule has 1 heterocycles. The molecule has 2 rings (SSSR count). The van der Waals surface area contributed by atoms with Crippen LogP contribution in [0.4, 0.5) is 0 Å². The third-order valence-electron chi connectivity index (χ3n) is 2.64. The van der Waals surface area contributed by atoms with Gasteiger partial charge >= 0.3 is 0 Å². The van der Waals surface area contributed by atoms with Crippen molar-refractivity contribution in [3.05, 3.63) is 41.1 Å². The number of aryl methyl sites for hydroxylation is 2. The van der Waals surface area contributed by atoms with E-state index in [1.807, 2.05) is 6.92 Å². The molecule has 0 spiro atoms. The van der Waals surface area contributed by atoms with E-state index in [-0.39, 0.29) is 0 Å². The lowest BCUT2D eigenvalue weighted by molar-refractivity contribution is 1.14. The molecule has 0 saturated heterocycles. The highest BCUT2D eigenvalue weighted by molar-refractivity contribution is 9.08. The topological polar surface area (TPSA) is 12.9 Å². The van der Waals surface area contributed by atoms with Gasteiger partial charge in [0.1, 0.15) is 0 Å². The van der Waals surface area contributed by atoms with Crippen LogP contribution in [0.15, 0.2) is 24.3 Å². The lowest BCUT2D eigenvalue weighted by atomic mass is 10.0. The summed E-state index contributed by atoms with van der Waals surface area (Å²) in [5.74, 6) is 0. The van der Waals surface area contributed by atoms with E-state index < -0.39 is 0 Å². The van der Waals surface area contributed by atoms with E-state index in [1.54, 1.807) is 0 Å². The van der Waals surface area contributed by atoms with Gasteiger partial charge in [-0.25, -0.2) is 0 Å². The van der Waals surface area contributed by atoms with E-state index in [4.69, 9.17) is 0 Å². The third-order valence-corrected chi connectivity index (χ3v) is 3.24. The van der Waals surface area contributed by atoms with Crippen LogP contribution >= 0.6 is 15.9 Å². The molecule has 15 heavy (non-hydrogen) atoms. The summed E-state index contributed by atoms with van der Waals surface area (Å²) in [6.07, 6.45) is 1.07. The van der Waals surface area contributed by atoms with Gasteiger partial charge in [0.15, 0.2) is 0 Å². The summed E-state index contributed by atoms with van der Waals surface area (Å²) >= 11 is 3.53. The zero-order valence-corrected chi connectivity index (χ0v) is 10.6. The molecule has 78 valence electrons. The molecule has 0 saturated carbocycles. The van der Waals surface area contributed by atoms with Gasteiger partial charge in [-0.3, -0.25) is 4.98 Å². The lowest BCUT2D eigenvalue weighted by Crippen LogP contribution is -1.91. The number of halogens is 1. The number of fused-ring (bicyclic) bond motifs is 1. The molecule has 1 nitrogen and oxygen atoms in total. The maximum atomic E-state index is 4.54. The molecule has 2 heteroatoms. The number of rotatable bonds is 2. The summed E-state index contributed by atoms with van der Waals surface area (Å²) in [7, 11) is 0. The highest BCUT2D eigenvalue weighted by Gasteiger charge is 2.03. The maximum absolute atomic E-state index is 4.54. The Balaban J connectivity index is 2.73. The minimum absolute atomic E-state index is 0.889. The monoisotopic (exact) mass is 263 g/mol. The molecule has 1 aromatic heterocycles. The Morgan fingerprint density at radius 1 is 1.27 bits per heavy atom. The van der Waals surface area contributed by atoms with E-state index in [0.717, 1.165) is 23.0 Å². The van der Waals surface area contributed by atoms with E-state index in [1.165, 1.54) is 16.5 Å². The predicted molar refractivity (Wildman–Crippen MR) is 68.5 cm³/mol. The molecule has 0 aliphatic carbocycles. The molecular weight excluding hydrogens is 250 g/mol. The van der Waals surface area contributed by atoms with Gasteiger partial charge in [-0.15, -0.1) is 0 Å². The van der Waals surface area contributed by atoms with Crippen molar-refractivity contribution in [1.29, 1.82) is 0 Å². The van der Waals surface area contributed by atoms with Gasteiger partial charge in [-0.05, 0) is 42.7 Å². The van der Waals surface area contributed by atoms with Crippen LogP contribution in [0, 0.1) is 6.92 Å². The highest BCUT2D eigenvalue weighted by atomic mass is 79.9. The van der Waals surface area contributed by atoms with E-state index in [9.17, 15) is 0 Å². The second-order valence-electron chi connectivity index (χ2n) is 3.76. The summed E-state index contributed by atoms with van der Waals surface area (Å²) in [4.78, 5) is 4.54. The van der Waals surface area contributed by atoms with Gasteiger partial charge in [-0.1, -0.05) is 28.9 Å². The van der Waals surface area contributed by atoms with E-state index in [2.05, 4.69) is 52.1 Å². The number of aromatic nitrogens is 1. The van der Waals surface area contributed by atoms with Crippen LogP contribution in [0.2, 0.25) is 0 Å². The van der Waals surface area contributed by atoms with Gasteiger partial charge in [0.2, 0.25) is 0 Å². The van der Waals surface area contributed by atoms with Gasteiger partial charge in [0.25, 0.3) is 0 Å². The average molecular weight is 264 g/mol. The van der Waals surface area contributed by atoms with Gasteiger partial charge < -0.3 is 0 Å².